The molecule has 0 spiro atoms. The quantitative estimate of drug-likeness (QED) is 0.675. The summed E-state index contributed by atoms with van der Waals surface area (Å²) in [5.74, 6) is 1.14. The van der Waals surface area contributed by atoms with Gasteiger partial charge >= 0.3 is 0 Å². The van der Waals surface area contributed by atoms with Gasteiger partial charge in [-0.1, -0.05) is 17.7 Å². The molecule has 2 aromatic carbocycles. The highest BCUT2D eigenvalue weighted by atomic mass is 16.4. The molecule has 27 heavy (non-hydrogen) atoms. The Labute approximate surface area is 160 Å². The van der Waals surface area contributed by atoms with Crippen LogP contribution in [0.4, 0.5) is 11.4 Å². The van der Waals surface area contributed by atoms with Crippen LogP contribution in [0.1, 0.15) is 43.7 Å². The number of hydrogen-bond acceptors (Lipinski definition) is 5. The maximum Gasteiger partial charge on any atom is 0.247 e. The lowest BCUT2D eigenvalue weighted by atomic mass is 10.1. The van der Waals surface area contributed by atoms with Crippen LogP contribution in [-0.4, -0.2) is 23.3 Å². The van der Waals surface area contributed by atoms with E-state index in [2.05, 4.69) is 51.6 Å². The Morgan fingerprint density at radius 2 is 1.63 bits per heavy atom. The third-order valence-corrected chi connectivity index (χ3v) is 5.08. The molecule has 0 aliphatic carbocycles. The normalized spacial score (nSPS) is 15.6. The number of aryl methyl sites for hydroxylation is 1. The number of aromatic nitrogens is 2. The van der Waals surface area contributed by atoms with Crippen molar-refractivity contribution in [3.05, 3.63) is 60.0 Å². The fourth-order valence-corrected chi connectivity index (χ4v) is 3.45. The van der Waals surface area contributed by atoms with Crippen molar-refractivity contribution in [3.8, 4) is 11.5 Å². The maximum atomic E-state index is 5.87. The van der Waals surface area contributed by atoms with Crippen LogP contribution in [0.25, 0.3) is 11.5 Å². The fourth-order valence-electron chi connectivity index (χ4n) is 3.45. The van der Waals surface area contributed by atoms with Crippen molar-refractivity contribution in [2.45, 2.75) is 39.2 Å². The van der Waals surface area contributed by atoms with Crippen molar-refractivity contribution in [1.29, 1.82) is 0 Å². The zero-order valence-electron chi connectivity index (χ0n) is 16.0. The molecule has 4 rings (SSSR count). The topological polar surface area (TPSA) is 54.2 Å². The zero-order chi connectivity index (χ0) is 18.6. The predicted octanol–water partition coefficient (Wildman–Crippen LogP) is 5.21. The van der Waals surface area contributed by atoms with Crippen LogP contribution in [0.3, 0.4) is 0 Å². The molecule has 5 heteroatoms. The van der Waals surface area contributed by atoms with E-state index in [1.54, 1.807) is 0 Å². The Balaban J connectivity index is 1.41. The van der Waals surface area contributed by atoms with E-state index in [0.717, 1.165) is 24.3 Å². The van der Waals surface area contributed by atoms with Crippen molar-refractivity contribution in [3.63, 3.8) is 0 Å². The Bertz CT molecular complexity index is 864. The van der Waals surface area contributed by atoms with E-state index in [9.17, 15) is 0 Å². The second-order valence-electron chi connectivity index (χ2n) is 7.27. The van der Waals surface area contributed by atoms with Gasteiger partial charge in [0.25, 0.3) is 0 Å². The Morgan fingerprint density at radius 1 is 0.926 bits per heavy atom. The molecule has 0 amide bonds. The molecule has 0 radical (unpaired) electrons. The number of rotatable bonds is 5. The number of nitrogens with zero attached hydrogens (tertiary/aromatic N) is 3. The maximum absolute atomic E-state index is 5.87. The minimum Gasteiger partial charge on any atom is -0.418 e. The molecule has 1 fully saturated rings. The minimum atomic E-state index is -0.0578. The highest BCUT2D eigenvalue weighted by Crippen LogP contribution is 2.26. The lowest BCUT2D eigenvalue weighted by Gasteiger charge is -2.29. The molecule has 1 aliphatic heterocycles. The standard InChI is InChI=1S/C22H26N4O/c1-16-6-8-18(9-7-16)22-25-24-21(27-22)17(2)23-19-10-12-20(13-11-19)26-14-4-3-5-15-26/h6-13,17,23H,3-5,14-15H2,1-2H3/t17-/m1/s1. The first-order valence-electron chi connectivity index (χ1n) is 9.71. The van der Waals surface area contributed by atoms with Crippen LogP contribution in [-0.2, 0) is 0 Å². The van der Waals surface area contributed by atoms with Crippen molar-refractivity contribution in [2.75, 3.05) is 23.3 Å². The summed E-state index contributed by atoms with van der Waals surface area (Å²) in [6.07, 6.45) is 3.93. The first-order chi connectivity index (χ1) is 13.2. The number of nitrogens with one attached hydrogen (secondary N) is 1. The van der Waals surface area contributed by atoms with E-state index in [1.165, 1.54) is 30.5 Å². The summed E-state index contributed by atoms with van der Waals surface area (Å²) in [5.41, 5.74) is 4.50. The van der Waals surface area contributed by atoms with Gasteiger partial charge in [-0.3, -0.25) is 0 Å². The molecule has 0 saturated carbocycles. The number of piperidine rings is 1. The first-order valence-corrected chi connectivity index (χ1v) is 9.71. The summed E-state index contributed by atoms with van der Waals surface area (Å²) >= 11 is 0. The molecule has 1 saturated heterocycles. The molecule has 0 bridgehead atoms. The second-order valence-corrected chi connectivity index (χ2v) is 7.27. The Kier molecular flexibility index (Phi) is 5.10. The van der Waals surface area contributed by atoms with Gasteiger partial charge < -0.3 is 14.6 Å². The van der Waals surface area contributed by atoms with Gasteiger partial charge in [0.15, 0.2) is 0 Å². The second kappa shape index (κ2) is 7.82. The third kappa shape index (κ3) is 4.13. The van der Waals surface area contributed by atoms with Gasteiger partial charge in [0.2, 0.25) is 11.8 Å². The van der Waals surface area contributed by atoms with E-state index in [0.29, 0.717) is 11.8 Å². The molecule has 140 valence electrons. The van der Waals surface area contributed by atoms with E-state index >= 15 is 0 Å². The van der Waals surface area contributed by atoms with Crippen LogP contribution in [0.5, 0.6) is 0 Å². The van der Waals surface area contributed by atoms with Gasteiger partial charge in [0.05, 0.1) is 0 Å². The molecular formula is C22H26N4O. The Hall–Kier alpha value is -2.82. The van der Waals surface area contributed by atoms with Gasteiger partial charge in [0, 0.05) is 30.0 Å². The van der Waals surface area contributed by atoms with Gasteiger partial charge in [-0.2, -0.15) is 0 Å². The average Bonchev–Trinajstić information content (AvgIpc) is 3.20. The van der Waals surface area contributed by atoms with Gasteiger partial charge in [-0.25, -0.2) is 0 Å². The highest BCUT2D eigenvalue weighted by Gasteiger charge is 2.15. The average molecular weight is 362 g/mol. The highest BCUT2D eigenvalue weighted by molar-refractivity contribution is 5.56. The zero-order valence-corrected chi connectivity index (χ0v) is 16.0. The monoisotopic (exact) mass is 362 g/mol. The lowest BCUT2D eigenvalue weighted by Crippen LogP contribution is -2.29. The smallest absolute Gasteiger partial charge is 0.247 e. The summed E-state index contributed by atoms with van der Waals surface area (Å²) < 4.78 is 5.87. The van der Waals surface area contributed by atoms with Gasteiger partial charge in [-0.05, 0) is 69.5 Å². The molecule has 1 N–H and O–H groups in total. The molecule has 1 aromatic heterocycles. The summed E-state index contributed by atoms with van der Waals surface area (Å²) in [7, 11) is 0. The molecular weight excluding hydrogens is 336 g/mol. The number of anilines is 2. The predicted molar refractivity (Wildman–Crippen MR) is 109 cm³/mol. The van der Waals surface area contributed by atoms with Crippen LogP contribution in [0.2, 0.25) is 0 Å². The summed E-state index contributed by atoms with van der Waals surface area (Å²) in [6, 6.07) is 16.7. The van der Waals surface area contributed by atoms with Crippen molar-refractivity contribution in [2.24, 2.45) is 0 Å². The van der Waals surface area contributed by atoms with E-state index in [-0.39, 0.29) is 6.04 Å². The van der Waals surface area contributed by atoms with Crippen LogP contribution >= 0.6 is 0 Å². The fraction of sp³-hybridized carbons (Fsp3) is 0.364. The molecule has 3 aromatic rings. The van der Waals surface area contributed by atoms with E-state index in [4.69, 9.17) is 4.42 Å². The van der Waals surface area contributed by atoms with Crippen LogP contribution in [0.15, 0.2) is 52.9 Å². The summed E-state index contributed by atoms with van der Waals surface area (Å²) in [5, 5.41) is 11.9. The van der Waals surface area contributed by atoms with Gasteiger partial charge in [-0.15, -0.1) is 10.2 Å². The van der Waals surface area contributed by atoms with Crippen LogP contribution in [0, 0.1) is 6.92 Å². The van der Waals surface area contributed by atoms with Crippen molar-refractivity contribution >= 4 is 11.4 Å². The summed E-state index contributed by atoms with van der Waals surface area (Å²) in [6.45, 7) is 6.41. The minimum absolute atomic E-state index is 0.0578. The first kappa shape index (κ1) is 17.6. The molecule has 2 heterocycles. The van der Waals surface area contributed by atoms with E-state index in [1.807, 2.05) is 31.2 Å². The number of hydrogen-bond donors (Lipinski definition) is 1. The SMILES string of the molecule is Cc1ccc(-c2nnc([C@@H](C)Nc3ccc(N4CCCCC4)cc3)o2)cc1. The lowest BCUT2D eigenvalue weighted by molar-refractivity contribution is 0.485. The van der Waals surface area contributed by atoms with Crippen molar-refractivity contribution < 1.29 is 4.42 Å². The molecule has 1 atom stereocenters. The van der Waals surface area contributed by atoms with Crippen molar-refractivity contribution in [1.82, 2.24) is 10.2 Å². The summed E-state index contributed by atoms with van der Waals surface area (Å²) in [4.78, 5) is 2.46. The van der Waals surface area contributed by atoms with Gasteiger partial charge in [0.1, 0.15) is 6.04 Å². The Morgan fingerprint density at radius 3 is 2.33 bits per heavy atom. The number of benzene rings is 2. The van der Waals surface area contributed by atoms with E-state index < -0.39 is 0 Å². The molecule has 0 unspecified atom stereocenters. The van der Waals surface area contributed by atoms with Crippen LogP contribution < -0.4 is 10.2 Å². The largest absolute Gasteiger partial charge is 0.418 e. The molecule has 5 nitrogen and oxygen atoms in total. The third-order valence-electron chi connectivity index (χ3n) is 5.08. The molecule has 1 aliphatic rings.